The Labute approximate surface area is 236 Å². The van der Waals surface area contributed by atoms with Crippen LogP contribution in [0.3, 0.4) is 0 Å². The molecule has 0 spiro atoms. The Hall–Kier alpha value is -3.33. The lowest BCUT2D eigenvalue weighted by molar-refractivity contribution is 0.590. The van der Waals surface area contributed by atoms with Crippen molar-refractivity contribution in [3.8, 4) is 11.3 Å². The molecule has 2 N–H and O–H groups in total. The lowest BCUT2D eigenvalue weighted by atomic mass is 10.1. The van der Waals surface area contributed by atoms with Crippen LogP contribution in [-0.4, -0.2) is 28.0 Å². The Morgan fingerprint density at radius 1 is 1.13 bits per heavy atom. The van der Waals surface area contributed by atoms with Gasteiger partial charge < -0.3 is 9.88 Å². The number of pyridine rings is 1. The fourth-order valence-corrected chi connectivity index (χ4v) is 5.26. The lowest BCUT2D eigenvalue weighted by Crippen LogP contribution is -2.30. The molecule has 5 rings (SSSR count). The van der Waals surface area contributed by atoms with Crippen molar-refractivity contribution < 1.29 is 17.2 Å². The second kappa shape index (κ2) is 10.0. The summed E-state index contributed by atoms with van der Waals surface area (Å²) in [5.41, 5.74) is -1.49. The standard InChI is InChI=1S/C26H23F2IN5O4S/c1-13(2)39(37,38)32-16-6-4-5-14(11-16)22-24-20(25(35)34(31-22)17-8-9-17)23(21(28)26(36)33(24)3)30-19-10-7-15(29)12-18(19)27/h4-7,10-13,17,30,32H,1,8-9H2,2-3H3. The zero-order chi connectivity index (χ0) is 28.2. The van der Waals surface area contributed by atoms with E-state index >= 15 is 4.39 Å². The summed E-state index contributed by atoms with van der Waals surface area (Å²) in [4.78, 5) is 26.7. The average Bonchev–Trinajstić information content (AvgIpc) is 3.71. The molecule has 1 saturated carbocycles. The first kappa shape index (κ1) is 27.2. The third-order valence-corrected chi connectivity index (χ3v) is 8.65. The Bertz CT molecular complexity index is 1870. The van der Waals surface area contributed by atoms with Gasteiger partial charge in [-0.25, -0.2) is 17.5 Å². The van der Waals surface area contributed by atoms with Gasteiger partial charge in [-0.3, -0.25) is 14.3 Å². The van der Waals surface area contributed by atoms with Crippen LogP contribution >= 0.6 is 22.6 Å². The zero-order valence-corrected chi connectivity index (χ0v) is 23.8. The molecular weight excluding hydrogens is 643 g/mol. The smallest absolute Gasteiger partial charge is 0.289 e. The van der Waals surface area contributed by atoms with Gasteiger partial charge in [0.25, 0.3) is 11.1 Å². The summed E-state index contributed by atoms with van der Waals surface area (Å²) < 4.78 is 60.3. The van der Waals surface area contributed by atoms with Crippen LogP contribution < -0.4 is 21.2 Å². The van der Waals surface area contributed by atoms with E-state index in [9.17, 15) is 22.4 Å². The second-order valence-corrected chi connectivity index (χ2v) is 12.7. The van der Waals surface area contributed by atoms with Crippen molar-refractivity contribution in [1.82, 2.24) is 14.3 Å². The maximum Gasteiger partial charge on any atom is 0.289 e. The van der Waals surface area contributed by atoms with Crippen LogP contribution in [0.5, 0.6) is 0 Å². The van der Waals surface area contributed by atoms with Crippen molar-refractivity contribution in [2.75, 3.05) is 10.0 Å². The number of anilines is 3. The molecule has 2 heterocycles. The molecule has 13 heteroatoms. The van der Waals surface area contributed by atoms with Crippen molar-refractivity contribution in [1.29, 1.82) is 0 Å². The van der Waals surface area contributed by atoms with E-state index in [1.807, 2.05) is 22.6 Å². The predicted octanol–water partition coefficient (Wildman–Crippen LogP) is 4.69. The molecule has 1 atom stereocenters. The normalized spacial score (nSPS) is 13.7. The van der Waals surface area contributed by atoms with Gasteiger partial charge in [0.15, 0.2) is 0 Å². The van der Waals surface area contributed by atoms with Crippen LogP contribution in [-0.2, 0) is 17.1 Å². The van der Waals surface area contributed by atoms with Crippen LogP contribution in [0.2, 0.25) is 0 Å². The van der Waals surface area contributed by atoms with Crippen molar-refractivity contribution in [2.45, 2.75) is 31.1 Å². The van der Waals surface area contributed by atoms with Gasteiger partial charge in [-0.1, -0.05) is 12.1 Å². The topological polar surface area (TPSA) is 115 Å². The highest BCUT2D eigenvalue weighted by Crippen LogP contribution is 2.37. The third-order valence-electron chi connectivity index (χ3n) is 6.40. The second-order valence-electron chi connectivity index (χ2n) is 9.39. The summed E-state index contributed by atoms with van der Waals surface area (Å²) in [7, 11) is -2.46. The van der Waals surface area contributed by atoms with Crippen molar-refractivity contribution in [3.63, 3.8) is 0 Å². The number of fused-ring (bicyclic) bond motifs is 1. The molecule has 2 aromatic heterocycles. The van der Waals surface area contributed by atoms with Crippen LogP contribution in [0.25, 0.3) is 22.2 Å². The summed E-state index contributed by atoms with van der Waals surface area (Å²) in [6.07, 6.45) is 1.36. The number of nitrogens with zero attached hydrogens (tertiary/aromatic N) is 3. The minimum atomic E-state index is -3.77. The Kier molecular flexibility index (Phi) is 6.99. The molecule has 1 fully saturated rings. The van der Waals surface area contributed by atoms with Crippen LogP contribution in [0.1, 0.15) is 25.8 Å². The van der Waals surface area contributed by atoms with Gasteiger partial charge in [0, 0.05) is 21.9 Å². The fourth-order valence-electron chi connectivity index (χ4n) is 4.15. The fraction of sp³-hybridized carbons (Fsp3) is 0.231. The number of halogens is 3. The van der Waals surface area contributed by atoms with E-state index in [4.69, 9.17) is 0 Å². The van der Waals surface area contributed by atoms with Gasteiger partial charge in [-0.2, -0.15) is 9.49 Å². The van der Waals surface area contributed by atoms with E-state index in [0.29, 0.717) is 22.0 Å². The number of hydrogen-bond acceptors (Lipinski definition) is 6. The lowest BCUT2D eigenvalue weighted by Gasteiger charge is -2.18. The first-order valence-electron chi connectivity index (χ1n) is 11.9. The molecule has 39 heavy (non-hydrogen) atoms. The molecule has 0 saturated heterocycles. The van der Waals surface area contributed by atoms with E-state index < -0.39 is 43.7 Å². The summed E-state index contributed by atoms with van der Waals surface area (Å²) >= 11 is 1.93. The first-order valence-corrected chi connectivity index (χ1v) is 14.5. The van der Waals surface area contributed by atoms with Crippen molar-refractivity contribution in [2.24, 2.45) is 7.05 Å². The number of aromatic nitrogens is 3. The molecule has 0 amide bonds. The summed E-state index contributed by atoms with van der Waals surface area (Å²) in [6, 6.07) is 10.3. The SMILES string of the molecule is [CH2]C(C)S(=O)(=O)Nc1cccc(-c2nn(C3CC3)c(=O)c3c(Nc4ccc(I)cc4F)c(F)c(=O)n(C)c23)c1. The van der Waals surface area contributed by atoms with E-state index in [0.717, 1.165) is 4.57 Å². The largest absolute Gasteiger partial charge is 0.350 e. The van der Waals surface area contributed by atoms with E-state index in [2.05, 4.69) is 22.1 Å². The Morgan fingerprint density at radius 2 is 1.85 bits per heavy atom. The van der Waals surface area contributed by atoms with Crippen LogP contribution in [0.15, 0.2) is 52.1 Å². The highest BCUT2D eigenvalue weighted by molar-refractivity contribution is 14.1. The summed E-state index contributed by atoms with van der Waals surface area (Å²) in [5, 5.41) is 6.06. The van der Waals surface area contributed by atoms with E-state index in [1.54, 1.807) is 18.2 Å². The van der Waals surface area contributed by atoms with Gasteiger partial charge >= 0.3 is 0 Å². The predicted molar refractivity (Wildman–Crippen MR) is 155 cm³/mol. The van der Waals surface area contributed by atoms with Crippen LogP contribution in [0, 0.1) is 22.1 Å². The third kappa shape index (κ3) is 5.04. The number of benzene rings is 2. The quantitative estimate of drug-likeness (QED) is 0.277. The molecule has 9 nitrogen and oxygen atoms in total. The molecule has 0 aliphatic heterocycles. The van der Waals surface area contributed by atoms with Gasteiger partial charge in [-0.05, 0) is 79.6 Å². The maximum atomic E-state index is 15.5. The molecular formula is C26H23F2IN5O4S. The monoisotopic (exact) mass is 666 g/mol. The molecule has 203 valence electrons. The minimum absolute atomic E-state index is 0.0160. The summed E-state index contributed by atoms with van der Waals surface area (Å²) in [5.74, 6) is -1.93. The van der Waals surface area contributed by atoms with Crippen molar-refractivity contribution >= 4 is 60.6 Å². The highest BCUT2D eigenvalue weighted by atomic mass is 127. The van der Waals surface area contributed by atoms with Gasteiger partial charge in [0.2, 0.25) is 15.8 Å². The molecule has 4 aromatic rings. The molecule has 1 radical (unpaired) electrons. The highest BCUT2D eigenvalue weighted by Gasteiger charge is 2.31. The maximum absolute atomic E-state index is 15.5. The van der Waals surface area contributed by atoms with Gasteiger partial charge in [0.05, 0.1) is 33.6 Å². The molecule has 1 aliphatic carbocycles. The number of nitrogens with one attached hydrogen (secondary N) is 2. The van der Waals surface area contributed by atoms with Gasteiger partial charge in [-0.15, -0.1) is 0 Å². The number of hydrogen-bond donors (Lipinski definition) is 2. The van der Waals surface area contributed by atoms with Gasteiger partial charge in [0.1, 0.15) is 11.5 Å². The summed E-state index contributed by atoms with van der Waals surface area (Å²) in [6.45, 7) is 4.98. The first-order chi connectivity index (χ1) is 18.4. The Morgan fingerprint density at radius 3 is 2.49 bits per heavy atom. The zero-order valence-electron chi connectivity index (χ0n) is 20.8. The van der Waals surface area contributed by atoms with Crippen molar-refractivity contribution in [3.05, 3.63) is 85.3 Å². The minimum Gasteiger partial charge on any atom is -0.350 e. The molecule has 0 bridgehead atoms. The number of rotatable bonds is 7. The molecule has 1 unspecified atom stereocenters. The molecule has 2 aromatic carbocycles. The van der Waals surface area contributed by atoms with Crippen LogP contribution in [0.4, 0.5) is 25.8 Å². The molecule has 1 aliphatic rings. The number of aryl methyl sites for hydroxylation is 1. The Balaban J connectivity index is 1.81. The average molecular weight is 666 g/mol. The number of sulfonamides is 1. The van der Waals surface area contributed by atoms with E-state index in [1.165, 1.54) is 42.9 Å². The van der Waals surface area contributed by atoms with E-state index in [-0.39, 0.29) is 34.0 Å².